The molecule has 10 nitrogen and oxygen atoms in total. The molecule has 0 saturated heterocycles. The number of aryl methyl sites for hydroxylation is 2. The number of rotatable bonds is 4. The third kappa shape index (κ3) is 6.74. The fourth-order valence-electron chi connectivity index (χ4n) is 4.98. The van der Waals surface area contributed by atoms with E-state index in [9.17, 15) is 25.9 Å². The second kappa shape index (κ2) is 13.1. The van der Waals surface area contributed by atoms with Crippen molar-refractivity contribution in [2.24, 2.45) is 0 Å². The Morgan fingerprint density at radius 1 is 0.574 bits per heavy atom. The van der Waals surface area contributed by atoms with Gasteiger partial charge in [-0.1, -0.05) is 12.1 Å². The van der Waals surface area contributed by atoms with Crippen LogP contribution >= 0.6 is 45.3 Å². The minimum atomic E-state index is -4.54. The van der Waals surface area contributed by atoms with Crippen molar-refractivity contribution in [3.63, 3.8) is 0 Å². The van der Waals surface area contributed by atoms with Gasteiger partial charge in [0.15, 0.2) is 0 Å². The van der Waals surface area contributed by atoms with E-state index in [2.05, 4.69) is 19.9 Å². The van der Waals surface area contributed by atoms with Crippen molar-refractivity contribution in [3.05, 3.63) is 82.8 Å². The summed E-state index contributed by atoms with van der Waals surface area (Å²) < 4.78 is 72.3. The molecular formula is C30H18CaN4O6S6. The van der Waals surface area contributed by atoms with Crippen molar-refractivity contribution in [2.45, 2.75) is 23.6 Å². The zero-order valence-electron chi connectivity index (χ0n) is 24.3. The second-order valence-corrected chi connectivity index (χ2v) is 16.5. The van der Waals surface area contributed by atoms with Crippen LogP contribution in [0.25, 0.3) is 62.0 Å². The molecule has 4 aromatic carbocycles. The smallest absolute Gasteiger partial charge is 0.744 e. The van der Waals surface area contributed by atoms with Gasteiger partial charge in [-0.2, -0.15) is 0 Å². The Morgan fingerprint density at radius 3 is 1.34 bits per heavy atom. The zero-order chi connectivity index (χ0) is 32.4. The third-order valence-corrected chi connectivity index (χ3v) is 13.2. The Morgan fingerprint density at radius 2 is 0.957 bits per heavy atom. The quantitative estimate of drug-likeness (QED) is 0.132. The fourth-order valence-corrected chi connectivity index (χ4v) is 11.0. The summed E-state index contributed by atoms with van der Waals surface area (Å²) in [5.41, 5.74) is 9.09. The molecule has 4 heterocycles. The number of hydrogen-bond donors (Lipinski definition) is 0. The van der Waals surface area contributed by atoms with Gasteiger partial charge in [-0.05, 0) is 73.5 Å². The van der Waals surface area contributed by atoms with Crippen LogP contribution in [0.3, 0.4) is 0 Å². The normalized spacial score (nSPS) is 12.0. The average Bonchev–Trinajstić information content (AvgIpc) is 3.80. The van der Waals surface area contributed by atoms with E-state index >= 15 is 0 Å². The molecule has 0 fully saturated rings. The summed E-state index contributed by atoms with van der Waals surface area (Å²) in [5.74, 6) is 0. The first-order chi connectivity index (χ1) is 21.9. The molecule has 0 spiro atoms. The van der Waals surface area contributed by atoms with Gasteiger partial charge in [-0.15, -0.1) is 45.3 Å². The van der Waals surface area contributed by atoms with Crippen LogP contribution in [-0.2, 0) is 20.2 Å². The van der Waals surface area contributed by atoms with Crippen molar-refractivity contribution >= 4 is 144 Å². The molecule has 0 aliphatic rings. The summed E-state index contributed by atoms with van der Waals surface area (Å²) in [4.78, 5) is 17.1. The second-order valence-electron chi connectivity index (χ2n) is 10.1. The SMILES string of the molecule is Cc1ccc2nc(-c3ccc4ncsc4c3)sc2c1S(=O)(=O)[O-].Cc1ccc2nc(-c3ccc4ncsc4c3)sc2c1S(=O)(=O)[O-].[Ca+2]. The van der Waals surface area contributed by atoms with Crippen LogP contribution in [0, 0.1) is 13.8 Å². The van der Waals surface area contributed by atoms with E-state index < -0.39 is 20.2 Å². The van der Waals surface area contributed by atoms with Gasteiger partial charge in [0.25, 0.3) is 0 Å². The van der Waals surface area contributed by atoms with Gasteiger partial charge in [0.2, 0.25) is 0 Å². The third-order valence-electron chi connectivity index (χ3n) is 7.07. The molecule has 232 valence electrons. The predicted molar refractivity (Wildman–Crippen MR) is 188 cm³/mol. The summed E-state index contributed by atoms with van der Waals surface area (Å²) in [6, 6.07) is 18.3. The number of hydrogen-bond acceptors (Lipinski definition) is 14. The van der Waals surface area contributed by atoms with Crippen LogP contribution in [0.1, 0.15) is 11.1 Å². The van der Waals surface area contributed by atoms with Gasteiger partial charge in [0.1, 0.15) is 30.3 Å². The molecule has 0 aliphatic carbocycles. The van der Waals surface area contributed by atoms with Crippen molar-refractivity contribution in [2.75, 3.05) is 0 Å². The molecule has 0 aliphatic heterocycles. The molecule has 8 rings (SSSR count). The van der Waals surface area contributed by atoms with E-state index in [1.165, 1.54) is 45.3 Å². The summed E-state index contributed by atoms with van der Waals surface area (Å²) in [6.45, 7) is 3.24. The molecule has 0 unspecified atom stereocenters. The zero-order valence-corrected chi connectivity index (χ0v) is 31.4. The topological polar surface area (TPSA) is 166 Å². The van der Waals surface area contributed by atoms with E-state index in [-0.39, 0.29) is 47.5 Å². The van der Waals surface area contributed by atoms with Gasteiger partial charge in [-0.3, -0.25) is 0 Å². The average molecular weight is 763 g/mol. The number of thiazole rings is 4. The summed E-state index contributed by atoms with van der Waals surface area (Å²) in [7, 11) is -9.08. The molecule has 0 bridgehead atoms. The van der Waals surface area contributed by atoms with Crippen LogP contribution in [0.5, 0.6) is 0 Å². The van der Waals surface area contributed by atoms with E-state index in [1.54, 1.807) is 49.1 Å². The number of fused-ring (bicyclic) bond motifs is 4. The molecule has 17 heteroatoms. The first-order valence-electron chi connectivity index (χ1n) is 13.3. The van der Waals surface area contributed by atoms with E-state index in [4.69, 9.17) is 0 Å². The monoisotopic (exact) mass is 762 g/mol. The van der Waals surface area contributed by atoms with Crippen molar-refractivity contribution < 1.29 is 25.9 Å². The molecule has 4 aromatic heterocycles. The molecule has 47 heavy (non-hydrogen) atoms. The standard InChI is InChI=1S/2C15H10N2O3S3.Ca/c2*1-8-2-4-11-13(14(8)23(18,19)20)22-15(17-11)9-3-5-10-12(6-9)21-7-16-10;/h2*2-7H,1H3,(H,18,19,20);/q;;+2/p-2. The first kappa shape index (κ1) is 34.4. The molecule has 0 atom stereocenters. The van der Waals surface area contributed by atoms with Crippen LogP contribution in [-0.4, -0.2) is 83.6 Å². The fraction of sp³-hybridized carbons (Fsp3) is 0.0667. The van der Waals surface area contributed by atoms with Crippen molar-refractivity contribution in [1.29, 1.82) is 0 Å². The Bertz CT molecular complexity index is 2510. The Labute approximate surface area is 314 Å². The maximum Gasteiger partial charge on any atom is 2.00 e. The number of benzene rings is 4. The summed E-state index contributed by atoms with van der Waals surface area (Å²) >= 11 is 5.51. The minimum absolute atomic E-state index is 0. The maximum atomic E-state index is 11.6. The predicted octanol–water partition coefficient (Wildman–Crippen LogP) is 7.19. The van der Waals surface area contributed by atoms with Gasteiger partial charge in [0, 0.05) is 11.1 Å². The van der Waals surface area contributed by atoms with Crippen molar-refractivity contribution in [3.8, 4) is 21.1 Å². The molecule has 0 saturated carbocycles. The number of aromatic nitrogens is 4. The van der Waals surface area contributed by atoms with Crippen LogP contribution in [0.15, 0.2) is 81.5 Å². The van der Waals surface area contributed by atoms with Gasteiger partial charge >= 0.3 is 37.7 Å². The maximum absolute atomic E-state index is 11.6. The van der Waals surface area contributed by atoms with E-state index in [1.807, 2.05) is 36.4 Å². The van der Waals surface area contributed by atoms with Crippen molar-refractivity contribution in [1.82, 2.24) is 19.9 Å². The van der Waals surface area contributed by atoms with E-state index in [0.717, 1.165) is 31.6 Å². The van der Waals surface area contributed by atoms with Gasteiger partial charge in [0.05, 0.1) is 61.7 Å². The first-order valence-corrected chi connectivity index (χ1v) is 19.5. The molecule has 0 radical (unpaired) electrons. The Balaban J connectivity index is 0.000000161. The van der Waals surface area contributed by atoms with Crippen LogP contribution in [0.4, 0.5) is 0 Å². The molecule has 8 aromatic rings. The van der Waals surface area contributed by atoms with E-state index in [0.29, 0.717) is 41.6 Å². The van der Waals surface area contributed by atoms with Crippen LogP contribution in [0.2, 0.25) is 0 Å². The Hall–Kier alpha value is -2.48. The largest absolute Gasteiger partial charge is 2.00 e. The van der Waals surface area contributed by atoms with Gasteiger partial charge < -0.3 is 9.11 Å². The van der Waals surface area contributed by atoms with Gasteiger partial charge in [-0.25, -0.2) is 36.8 Å². The molecular weight excluding hydrogens is 745 g/mol. The Kier molecular flexibility index (Phi) is 9.58. The number of nitrogens with zero attached hydrogens (tertiary/aromatic N) is 4. The van der Waals surface area contributed by atoms with Crippen LogP contribution < -0.4 is 0 Å². The molecule has 0 amide bonds. The molecule has 0 N–H and O–H groups in total. The minimum Gasteiger partial charge on any atom is -0.744 e. The summed E-state index contributed by atoms with van der Waals surface area (Å²) in [5, 5.41) is 1.37. The summed E-state index contributed by atoms with van der Waals surface area (Å²) in [6.07, 6.45) is 0.